The van der Waals surface area contributed by atoms with Crippen molar-refractivity contribution >= 4 is 11.8 Å². The predicted molar refractivity (Wildman–Crippen MR) is 96.3 cm³/mol. The molecule has 1 atom stereocenters. The highest BCUT2D eigenvalue weighted by atomic mass is 16.5. The van der Waals surface area contributed by atoms with Gasteiger partial charge in [-0.25, -0.2) is 0 Å². The second-order valence-electron chi connectivity index (χ2n) is 6.46. The fraction of sp³-hybridized carbons (Fsp3) is 0.400. The molecular formula is C20H24N2O4. The van der Waals surface area contributed by atoms with E-state index < -0.39 is 0 Å². The molecule has 0 N–H and O–H groups in total. The molecule has 138 valence electrons. The van der Waals surface area contributed by atoms with Gasteiger partial charge in [-0.15, -0.1) is 0 Å². The van der Waals surface area contributed by atoms with E-state index in [1.807, 2.05) is 37.3 Å². The molecule has 1 aliphatic heterocycles. The van der Waals surface area contributed by atoms with Crippen molar-refractivity contribution in [1.29, 1.82) is 0 Å². The van der Waals surface area contributed by atoms with Gasteiger partial charge in [0, 0.05) is 26.1 Å². The minimum atomic E-state index is -0.296. The van der Waals surface area contributed by atoms with E-state index in [-0.39, 0.29) is 24.2 Å². The van der Waals surface area contributed by atoms with E-state index in [1.54, 1.807) is 29.2 Å². The molecule has 1 aliphatic rings. The first-order valence-electron chi connectivity index (χ1n) is 8.82. The summed E-state index contributed by atoms with van der Waals surface area (Å²) in [5.74, 6) is 1.25. The van der Waals surface area contributed by atoms with Crippen LogP contribution in [0, 0.1) is 5.92 Å². The number of rotatable bonds is 7. The molecule has 1 fully saturated rings. The van der Waals surface area contributed by atoms with Gasteiger partial charge in [0.15, 0.2) is 0 Å². The van der Waals surface area contributed by atoms with E-state index in [4.69, 9.17) is 9.15 Å². The molecule has 2 aromatic rings. The van der Waals surface area contributed by atoms with Gasteiger partial charge >= 0.3 is 0 Å². The van der Waals surface area contributed by atoms with Gasteiger partial charge in [-0.1, -0.05) is 12.1 Å². The van der Waals surface area contributed by atoms with Crippen molar-refractivity contribution in [1.82, 2.24) is 9.80 Å². The van der Waals surface area contributed by atoms with Crippen LogP contribution in [0.25, 0.3) is 0 Å². The fourth-order valence-electron chi connectivity index (χ4n) is 3.24. The second kappa shape index (κ2) is 8.08. The van der Waals surface area contributed by atoms with Gasteiger partial charge in [0.2, 0.25) is 11.8 Å². The Hall–Kier alpha value is -2.76. The minimum absolute atomic E-state index is 0.000232. The van der Waals surface area contributed by atoms with Crippen LogP contribution < -0.4 is 4.74 Å². The van der Waals surface area contributed by atoms with Crippen LogP contribution in [0.1, 0.15) is 24.7 Å². The van der Waals surface area contributed by atoms with Crippen molar-refractivity contribution in [3.8, 4) is 5.75 Å². The average Bonchev–Trinajstić information content (AvgIpc) is 3.30. The Morgan fingerprint density at radius 2 is 2.08 bits per heavy atom. The summed E-state index contributed by atoms with van der Waals surface area (Å²) in [5.41, 5.74) is 1.04. The van der Waals surface area contributed by atoms with Crippen molar-refractivity contribution in [2.75, 3.05) is 20.2 Å². The topological polar surface area (TPSA) is 63.0 Å². The van der Waals surface area contributed by atoms with Gasteiger partial charge in [-0.05, 0) is 36.8 Å². The van der Waals surface area contributed by atoms with Crippen LogP contribution in [0.4, 0.5) is 0 Å². The van der Waals surface area contributed by atoms with Crippen molar-refractivity contribution in [2.24, 2.45) is 5.92 Å². The summed E-state index contributed by atoms with van der Waals surface area (Å²) >= 11 is 0. The normalized spacial score (nSPS) is 16.8. The molecule has 0 aliphatic carbocycles. The highest BCUT2D eigenvalue weighted by Crippen LogP contribution is 2.23. The summed E-state index contributed by atoms with van der Waals surface area (Å²) < 4.78 is 10.5. The lowest BCUT2D eigenvalue weighted by atomic mass is 10.1. The highest BCUT2D eigenvalue weighted by Gasteiger charge is 2.36. The number of nitrogens with zero attached hydrogens (tertiary/aromatic N) is 2. The van der Waals surface area contributed by atoms with E-state index in [0.29, 0.717) is 26.2 Å². The number of likely N-dealkylation sites (tertiary alicyclic amines) is 1. The number of amides is 2. The molecule has 1 unspecified atom stereocenters. The quantitative estimate of drug-likeness (QED) is 0.765. The molecule has 6 nitrogen and oxygen atoms in total. The molecule has 0 spiro atoms. The lowest BCUT2D eigenvalue weighted by Gasteiger charge is -2.24. The molecule has 1 saturated heterocycles. The Bertz CT molecular complexity index is 740. The zero-order valence-corrected chi connectivity index (χ0v) is 15.2. The molecule has 1 aromatic carbocycles. The molecule has 2 heterocycles. The molecule has 26 heavy (non-hydrogen) atoms. The Morgan fingerprint density at radius 3 is 2.69 bits per heavy atom. The SMILES string of the molecule is CCN(Cc1ccc(OC)cc1)C(=O)C1CC(=O)N(Cc2ccco2)C1. The van der Waals surface area contributed by atoms with Crippen molar-refractivity contribution in [3.05, 3.63) is 54.0 Å². The summed E-state index contributed by atoms with van der Waals surface area (Å²) in [5, 5.41) is 0. The van der Waals surface area contributed by atoms with Crippen LogP contribution >= 0.6 is 0 Å². The number of carbonyl (C=O) groups is 2. The van der Waals surface area contributed by atoms with E-state index in [2.05, 4.69) is 0 Å². The first kappa shape index (κ1) is 18.0. The number of ether oxygens (including phenoxy) is 1. The Kier molecular flexibility index (Phi) is 5.61. The van der Waals surface area contributed by atoms with Gasteiger partial charge < -0.3 is 19.0 Å². The zero-order chi connectivity index (χ0) is 18.5. The zero-order valence-electron chi connectivity index (χ0n) is 15.2. The standard InChI is InChI=1S/C20H24N2O4/c1-3-21(12-15-6-8-17(25-2)9-7-15)20(24)16-11-19(23)22(13-16)14-18-5-4-10-26-18/h4-10,16H,3,11-14H2,1-2H3. The van der Waals surface area contributed by atoms with Gasteiger partial charge in [-0.2, -0.15) is 0 Å². The second-order valence-corrected chi connectivity index (χ2v) is 6.46. The van der Waals surface area contributed by atoms with Crippen LogP contribution in [-0.4, -0.2) is 41.8 Å². The Balaban J connectivity index is 1.61. The summed E-state index contributed by atoms with van der Waals surface area (Å²) in [6, 6.07) is 11.3. The van der Waals surface area contributed by atoms with Crippen LogP contribution in [-0.2, 0) is 22.7 Å². The Morgan fingerprint density at radius 1 is 1.31 bits per heavy atom. The molecule has 0 saturated carbocycles. The average molecular weight is 356 g/mol. The van der Waals surface area contributed by atoms with Gasteiger partial charge in [0.25, 0.3) is 0 Å². The van der Waals surface area contributed by atoms with E-state index in [0.717, 1.165) is 17.1 Å². The van der Waals surface area contributed by atoms with Crippen molar-refractivity contribution in [3.63, 3.8) is 0 Å². The maximum atomic E-state index is 12.9. The molecule has 2 amide bonds. The highest BCUT2D eigenvalue weighted by molar-refractivity contribution is 5.89. The largest absolute Gasteiger partial charge is 0.497 e. The van der Waals surface area contributed by atoms with Crippen LogP contribution in [0.3, 0.4) is 0 Å². The number of hydrogen-bond donors (Lipinski definition) is 0. The molecule has 3 rings (SSSR count). The van der Waals surface area contributed by atoms with Gasteiger partial charge in [0.05, 0.1) is 25.8 Å². The third-order valence-electron chi connectivity index (χ3n) is 4.72. The fourth-order valence-corrected chi connectivity index (χ4v) is 3.24. The monoisotopic (exact) mass is 356 g/mol. The molecule has 0 radical (unpaired) electrons. The summed E-state index contributed by atoms with van der Waals surface area (Å²) in [6.45, 7) is 3.95. The third kappa shape index (κ3) is 4.07. The summed E-state index contributed by atoms with van der Waals surface area (Å²) in [7, 11) is 1.63. The van der Waals surface area contributed by atoms with Gasteiger partial charge in [-0.3, -0.25) is 9.59 Å². The summed E-state index contributed by atoms with van der Waals surface area (Å²) in [6.07, 6.45) is 1.85. The number of furan rings is 1. The number of benzene rings is 1. The summed E-state index contributed by atoms with van der Waals surface area (Å²) in [4.78, 5) is 28.7. The first-order valence-corrected chi connectivity index (χ1v) is 8.82. The molecule has 1 aromatic heterocycles. The number of hydrogen-bond acceptors (Lipinski definition) is 4. The van der Waals surface area contributed by atoms with E-state index in [9.17, 15) is 9.59 Å². The molecular weight excluding hydrogens is 332 g/mol. The number of methoxy groups -OCH3 is 1. The smallest absolute Gasteiger partial charge is 0.228 e. The van der Waals surface area contributed by atoms with Crippen LogP contribution in [0.5, 0.6) is 5.75 Å². The number of carbonyl (C=O) groups excluding carboxylic acids is 2. The van der Waals surface area contributed by atoms with E-state index in [1.165, 1.54) is 0 Å². The van der Waals surface area contributed by atoms with Crippen molar-refractivity contribution in [2.45, 2.75) is 26.4 Å². The van der Waals surface area contributed by atoms with Crippen molar-refractivity contribution < 1.29 is 18.7 Å². The van der Waals surface area contributed by atoms with Gasteiger partial charge in [0.1, 0.15) is 11.5 Å². The minimum Gasteiger partial charge on any atom is -0.497 e. The lowest BCUT2D eigenvalue weighted by Crippen LogP contribution is -2.36. The Labute approximate surface area is 153 Å². The van der Waals surface area contributed by atoms with Crippen LogP contribution in [0.15, 0.2) is 47.1 Å². The first-order chi connectivity index (χ1) is 12.6. The maximum absolute atomic E-state index is 12.9. The molecule has 0 bridgehead atoms. The van der Waals surface area contributed by atoms with E-state index >= 15 is 0 Å². The van der Waals surface area contributed by atoms with Crippen LogP contribution in [0.2, 0.25) is 0 Å². The predicted octanol–water partition coefficient (Wildman–Crippen LogP) is 2.69. The molecule has 6 heteroatoms. The maximum Gasteiger partial charge on any atom is 0.228 e. The lowest BCUT2D eigenvalue weighted by molar-refractivity contribution is -0.136. The third-order valence-corrected chi connectivity index (χ3v) is 4.72.